The van der Waals surface area contributed by atoms with Gasteiger partial charge in [0.2, 0.25) is 0 Å². The fourth-order valence-electron chi connectivity index (χ4n) is 0.679. The quantitative estimate of drug-likeness (QED) is 0.523. The van der Waals surface area contributed by atoms with Gasteiger partial charge in [-0.2, -0.15) is 0 Å². The maximum Gasteiger partial charge on any atom is 0.356 e. The monoisotopic (exact) mass is 143 g/mol. The molecule has 0 saturated heterocycles. The molecule has 0 spiro atoms. The minimum atomic E-state index is -0.399. The molecule has 1 atom stereocenters. The summed E-state index contributed by atoms with van der Waals surface area (Å²) in [5.74, 6) is -0.399. The molecule has 10 heavy (non-hydrogen) atoms. The van der Waals surface area contributed by atoms with Crippen LogP contribution in [-0.4, -0.2) is 19.2 Å². The Kier molecular flexibility index (Phi) is 1.91. The van der Waals surface area contributed by atoms with Crippen LogP contribution in [-0.2, 0) is 14.4 Å². The lowest BCUT2D eigenvalue weighted by Crippen LogP contribution is -2.16. The zero-order valence-electron chi connectivity index (χ0n) is 5.88. The lowest BCUT2D eigenvalue weighted by Gasteiger charge is -1.99. The summed E-state index contributed by atoms with van der Waals surface area (Å²) in [6.07, 6.45) is 1.60. The van der Waals surface area contributed by atoms with Crippen LogP contribution >= 0.6 is 0 Å². The van der Waals surface area contributed by atoms with Gasteiger partial charge < -0.3 is 4.74 Å². The number of rotatable bonds is 1. The van der Waals surface area contributed by atoms with Crippen LogP contribution < -0.4 is 5.48 Å². The highest BCUT2D eigenvalue weighted by Gasteiger charge is 2.17. The van der Waals surface area contributed by atoms with Crippen LogP contribution in [0.15, 0.2) is 11.8 Å². The second-order valence-electron chi connectivity index (χ2n) is 2.00. The average Bonchev–Trinajstić information content (AvgIpc) is 2.34. The van der Waals surface area contributed by atoms with Gasteiger partial charge in [0.15, 0.2) is 0 Å². The predicted molar refractivity (Wildman–Crippen MR) is 33.8 cm³/mol. The number of hydrogen-bond donors (Lipinski definition) is 1. The van der Waals surface area contributed by atoms with Crippen LogP contribution in [0.5, 0.6) is 0 Å². The minimum Gasteiger partial charge on any atom is -0.464 e. The van der Waals surface area contributed by atoms with E-state index in [1.165, 1.54) is 7.11 Å². The molecule has 1 heterocycles. The molecule has 0 fully saturated rings. The van der Waals surface area contributed by atoms with Crippen molar-refractivity contribution in [2.75, 3.05) is 7.11 Å². The number of ether oxygens (including phenoxy) is 1. The predicted octanol–water partition coefficient (Wildman–Crippen LogP) is -0.0334. The van der Waals surface area contributed by atoms with Gasteiger partial charge in [0, 0.05) is 0 Å². The Hall–Kier alpha value is -1.03. The third-order valence-electron chi connectivity index (χ3n) is 1.16. The van der Waals surface area contributed by atoms with E-state index < -0.39 is 5.97 Å². The number of hydrogen-bond acceptors (Lipinski definition) is 4. The summed E-state index contributed by atoms with van der Waals surface area (Å²) in [5.41, 5.74) is 2.81. The van der Waals surface area contributed by atoms with E-state index in [1.54, 1.807) is 6.08 Å². The second-order valence-corrected chi connectivity index (χ2v) is 2.00. The van der Waals surface area contributed by atoms with Crippen LogP contribution in [0.1, 0.15) is 6.92 Å². The third kappa shape index (κ3) is 1.27. The van der Waals surface area contributed by atoms with Crippen LogP contribution in [0.2, 0.25) is 0 Å². The molecule has 0 saturated carbocycles. The molecule has 0 radical (unpaired) electrons. The molecule has 0 aromatic rings. The summed E-state index contributed by atoms with van der Waals surface area (Å²) >= 11 is 0. The van der Waals surface area contributed by atoms with E-state index in [0.717, 1.165) is 0 Å². The lowest BCUT2D eigenvalue weighted by atomic mass is 10.3. The van der Waals surface area contributed by atoms with E-state index in [4.69, 9.17) is 4.84 Å². The Bertz CT molecular complexity index is 176. The van der Waals surface area contributed by atoms with Crippen molar-refractivity contribution in [3.8, 4) is 0 Å². The molecular weight excluding hydrogens is 134 g/mol. The second kappa shape index (κ2) is 2.70. The van der Waals surface area contributed by atoms with Crippen LogP contribution in [0.3, 0.4) is 0 Å². The van der Waals surface area contributed by atoms with Gasteiger partial charge in [-0.15, -0.1) is 0 Å². The van der Waals surface area contributed by atoms with Crippen molar-refractivity contribution in [1.29, 1.82) is 0 Å². The van der Waals surface area contributed by atoms with Crippen molar-refractivity contribution in [3.63, 3.8) is 0 Å². The van der Waals surface area contributed by atoms with Gasteiger partial charge in [-0.3, -0.25) is 10.3 Å². The van der Waals surface area contributed by atoms with Gasteiger partial charge in [-0.25, -0.2) is 4.79 Å². The number of carbonyl (C=O) groups excluding carboxylic acids is 1. The molecule has 56 valence electrons. The van der Waals surface area contributed by atoms with Gasteiger partial charge in [0.1, 0.15) is 11.8 Å². The zero-order valence-corrected chi connectivity index (χ0v) is 5.88. The molecule has 1 N–H and O–H groups in total. The topological polar surface area (TPSA) is 47.6 Å². The fourth-order valence-corrected chi connectivity index (χ4v) is 0.679. The summed E-state index contributed by atoms with van der Waals surface area (Å²) in [6.45, 7) is 1.82. The summed E-state index contributed by atoms with van der Waals surface area (Å²) in [6, 6.07) is 0. The van der Waals surface area contributed by atoms with Gasteiger partial charge >= 0.3 is 5.97 Å². The molecule has 0 aromatic heterocycles. The molecule has 1 unspecified atom stereocenters. The van der Waals surface area contributed by atoms with E-state index in [2.05, 4.69) is 10.2 Å². The highest BCUT2D eigenvalue weighted by Crippen LogP contribution is 2.06. The Morgan fingerprint density at radius 2 is 2.60 bits per heavy atom. The number of methoxy groups -OCH3 is 1. The van der Waals surface area contributed by atoms with E-state index in [1.807, 2.05) is 6.92 Å². The number of carbonyl (C=O) groups is 1. The molecule has 1 rings (SSSR count). The maximum absolute atomic E-state index is 10.7. The van der Waals surface area contributed by atoms with E-state index in [9.17, 15) is 4.79 Å². The Morgan fingerprint density at radius 3 is 3.00 bits per heavy atom. The Morgan fingerprint density at radius 1 is 1.90 bits per heavy atom. The first-order valence-electron chi connectivity index (χ1n) is 2.96. The molecule has 0 amide bonds. The third-order valence-corrected chi connectivity index (χ3v) is 1.16. The number of hydroxylamine groups is 1. The molecule has 1 aliphatic rings. The molecule has 0 bridgehead atoms. The highest BCUT2D eigenvalue weighted by molar-refractivity contribution is 5.87. The summed E-state index contributed by atoms with van der Waals surface area (Å²) < 4.78 is 4.43. The summed E-state index contributed by atoms with van der Waals surface area (Å²) in [4.78, 5) is 15.6. The number of esters is 1. The van der Waals surface area contributed by atoms with Gasteiger partial charge in [-0.1, -0.05) is 0 Å². The van der Waals surface area contributed by atoms with Crippen molar-refractivity contribution in [3.05, 3.63) is 11.8 Å². The maximum atomic E-state index is 10.7. The largest absolute Gasteiger partial charge is 0.464 e. The summed E-state index contributed by atoms with van der Waals surface area (Å²) in [5, 5.41) is 0. The van der Waals surface area contributed by atoms with E-state index in [0.29, 0.717) is 5.70 Å². The molecule has 4 nitrogen and oxygen atoms in total. The van der Waals surface area contributed by atoms with Crippen molar-refractivity contribution in [2.24, 2.45) is 0 Å². The SMILES string of the molecule is COC(=O)C1=CC(C)ON1. The van der Waals surface area contributed by atoms with Crippen LogP contribution in [0.4, 0.5) is 0 Å². The van der Waals surface area contributed by atoms with Crippen molar-refractivity contribution in [2.45, 2.75) is 13.0 Å². The molecule has 1 aliphatic heterocycles. The highest BCUT2D eigenvalue weighted by atomic mass is 16.7. The van der Waals surface area contributed by atoms with Crippen molar-refractivity contribution in [1.82, 2.24) is 5.48 Å². The first-order chi connectivity index (χ1) is 4.74. The smallest absolute Gasteiger partial charge is 0.356 e. The van der Waals surface area contributed by atoms with Crippen molar-refractivity contribution >= 4 is 5.97 Å². The first kappa shape index (κ1) is 7.08. The molecule has 0 aliphatic carbocycles. The zero-order chi connectivity index (χ0) is 7.56. The Labute approximate surface area is 58.8 Å². The standard InChI is InChI=1S/C6H9NO3/c1-4-3-5(7-10-4)6(8)9-2/h3-4,7H,1-2H3. The Balaban J connectivity index is 2.57. The first-order valence-corrected chi connectivity index (χ1v) is 2.96. The minimum absolute atomic E-state index is 0.0610. The van der Waals surface area contributed by atoms with E-state index >= 15 is 0 Å². The molecule has 0 aromatic carbocycles. The van der Waals surface area contributed by atoms with Crippen LogP contribution in [0, 0.1) is 0 Å². The molecule has 4 heteroatoms. The van der Waals surface area contributed by atoms with Crippen molar-refractivity contribution < 1.29 is 14.4 Å². The van der Waals surface area contributed by atoms with Gasteiger partial charge in [0.05, 0.1) is 7.11 Å². The van der Waals surface area contributed by atoms with Gasteiger partial charge in [0.25, 0.3) is 0 Å². The van der Waals surface area contributed by atoms with E-state index in [-0.39, 0.29) is 6.10 Å². The van der Waals surface area contributed by atoms with Gasteiger partial charge in [-0.05, 0) is 13.0 Å². The lowest BCUT2D eigenvalue weighted by molar-refractivity contribution is -0.137. The van der Waals surface area contributed by atoms with Crippen LogP contribution in [0.25, 0.3) is 0 Å². The molecular formula is C6H9NO3. The summed E-state index contributed by atoms with van der Waals surface area (Å²) in [7, 11) is 1.33. The average molecular weight is 143 g/mol. The fraction of sp³-hybridized carbons (Fsp3) is 0.500. The normalized spacial score (nSPS) is 23.4. The number of nitrogens with one attached hydrogen (secondary N) is 1.